The lowest BCUT2D eigenvalue weighted by atomic mass is 10.1. The Hall–Kier alpha value is -2.05. The van der Waals surface area contributed by atoms with Gasteiger partial charge in [0, 0.05) is 25.2 Å². The van der Waals surface area contributed by atoms with Gasteiger partial charge in [-0.15, -0.1) is 0 Å². The number of fused-ring (bicyclic) bond motifs is 1. The predicted octanol–water partition coefficient (Wildman–Crippen LogP) is 2.29. The third kappa shape index (κ3) is 3.12. The number of rotatable bonds is 3. The molecule has 1 N–H and O–H groups in total. The van der Waals surface area contributed by atoms with E-state index in [9.17, 15) is 9.90 Å². The van der Waals surface area contributed by atoms with Crippen LogP contribution in [0.2, 0.25) is 5.02 Å². The van der Waals surface area contributed by atoms with Crippen LogP contribution >= 0.6 is 11.6 Å². The molecule has 0 aliphatic carbocycles. The van der Waals surface area contributed by atoms with Crippen molar-refractivity contribution in [1.82, 2.24) is 14.7 Å². The van der Waals surface area contributed by atoms with E-state index in [0.29, 0.717) is 35.9 Å². The Bertz CT molecular complexity index is 798. The number of benzene rings is 1. The van der Waals surface area contributed by atoms with E-state index >= 15 is 0 Å². The molecule has 0 radical (unpaired) electrons. The highest BCUT2D eigenvalue weighted by molar-refractivity contribution is 6.33. The Balaban J connectivity index is 1.52. The van der Waals surface area contributed by atoms with Crippen LogP contribution in [0.3, 0.4) is 0 Å². The van der Waals surface area contributed by atoms with E-state index in [0.717, 1.165) is 24.5 Å². The maximum Gasteiger partial charge on any atom is 0.254 e. The van der Waals surface area contributed by atoms with Gasteiger partial charge in [0.15, 0.2) is 0 Å². The molecular formula is C18H21ClN4O2. The molecule has 1 aromatic carbocycles. The lowest BCUT2D eigenvalue weighted by Gasteiger charge is -2.28. The molecule has 0 unspecified atom stereocenters. The van der Waals surface area contributed by atoms with E-state index in [4.69, 9.17) is 11.6 Å². The zero-order valence-corrected chi connectivity index (χ0v) is 14.7. The molecule has 1 aromatic heterocycles. The fourth-order valence-electron chi connectivity index (χ4n) is 3.61. The van der Waals surface area contributed by atoms with Gasteiger partial charge in [-0.1, -0.05) is 11.6 Å². The number of aliphatic hydroxyl groups is 1. The minimum atomic E-state index is -0.0818. The number of hydrogen-bond donors (Lipinski definition) is 1. The van der Waals surface area contributed by atoms with Crippen LogP contribution in [0.4, 0.5) is 5.69 Å². The number of aliphatic hydroxyl groups excluding tert-OH is 1. The fraction of sp³-hybridized carbons (Fsp3) is 0.444. The Morgan fingerprint density at radius 2 is 1.96 bits per heavy atom. The first-order chi connectivity index (χ1) is 12.2. The van der Waals surface area contributed by atoms with Gasteiger partial charge in [0.25, 0.3) is 5.91 Å². The van der Waals surface area contributed by atoms with Gasteiger partial charge in [-0.3, -0.25) is 9.48 Å². The number of carbonyl (C=O) groups excluding carboxylic acids is 1. The Morgan fingerprint density at radius 1 is 1.16 bits per heavy atom. The van der Waals surface area contributed by atoms with Gasteiger partial charge < -0.3 is 14.9 Å². The molecule has 2 aliphatic rings. The number of carbonyl (C=O) groups is 1. The van der Waals surface area contributed by atoms with Crippen molar-refractivity contribution in [3.8, 4) is 0 Å². The molecule has 3 heterocycles. The van der Waals surface area contributed by atoms with E-state index < -0.39 is 0 Å². The summed E-state index contributed by atoms with van der Waals surface area (Å²) in [4.78, 5) is 16.9. The number of halogens is 1. The molecule has 6 nitrogen and oxygen atoms in total. The summed E-state index contributed by atoms with van der Waals surface area (Å²) in [6.07, 6.45) is 2.38. The predicted molar refractivity (Wildman–Crippen MR) is 95.8 cm³/mol. The average Bonchev–Trinajstić information content (AvgIpc) is 3.29. The third-order valence-corrected chi connectivity index (χ3v) is 5.24. The number of anilines is 1. The molecule has 7 heteroatoms. The lowest BCUT2D eigenvalue weighted by Crippen LogP contribution is -2.38. The van der Waals surface area contributed by atoms with Crippen molar-refractivity contribution in [3.63, 3.8) is 0 Å². The molecule has 1 saturated heterocycles. The van der Waals surface area contributed by atoms with Crippen molar-refractivity contribution in [2.24, 2.45) is 0 Å². The van der Waals surface area contributed by atoms with Crippen LogP contribution in [0.1, 0.15) is 34.6 Å². The molecule has 132 valence electrons. The highest BCUT2D eigenvalue weighted by Gasteiger charge is 2.24. The van der Waals surface area contributed by atoms with Gasteiger partial charge >= 0.3 is 0 Å². The van der Waals surface area contributed by atoms with Crippen molar-refractivity contribution < 1.29 is 9.90 Å². The third-order valence-electron chi connectivity index (χ3n) is 4.94. The standard InChI is InChI=1S/C18H21ClN4O2/c19-16-9-13(3-4-17(16)21-5-1-2-6-21)18(25)22-7-8-23-15(11-22)10-14(12-24)20-23/h3-4,9-10,24H,1-2,5-8,11-12H2. The summed E-state index contributed by atoms with van der Waals surface area (Å²) in [6.45, 7) is 3.70. The SMILES string of the molecule is O=C(c1ccc(N2CCCC2)c(Cl)c1)N1CCn2nc(CO)cc2C1. The van der Waals surface area contributed by atoms with Gasteiger partial charge in [-0.05, 0) is 37.1 Å². The molecule has 2 aromatic rings. The van der Waals surface area contributed by atoms with E-state index in [1.54, 1.807) is 11.0 Å². The number of nitrogens with zero attached hydrogens (tertiary/aromatic N) is 4. The molecular weight excluding hydrogens is 340 g/mol. The summed E-state index contributed by atoms with van der Waals surface area (Å²) in [7, 11) is 0. The monoisotopic (exact) mass is 360 g/mol. The minimum Gasteiger partial charge on any atom is -0.390 e. The topological polar surface area (TPSA) is 61.6 Å². The second-order valence-electron chi connectivity index (χ2n) is 6.60. The molecule has 0 saturated carbocycles. The fourth-order valence-corrected chi connectivity index (χ4v) is 3.91. The smallest absolute Gasteiger partial charge is 0.254 e. The zero-order chi connectivity index (χ0) is 17.4. The van der Waals surface area contributed by atoms with Gasteiger partial charge in [0.2, 0.25) is 0 Å². The first kappa shape index (κ1) is 16.4. The largest absolute Gasteiger partial charge is 0.390 e. The van der Waals surface area contributed by atoms with Gasteiger partial charge in [0.05, 0.1) is 41.8 Å². The van der Waals surface area contributed by atoms with E-state index in [2.05, 4.69) is 10.00 Å². The number of aromatic nitrogens is 2. The Kier molecular flexibility index (Phi) is 4.39. The maximum atomic E-state index is 12.8. The molecule has 0 bridgehead atoms. The van der Waals surface area contributed by atoms with Crippen LogP contribution in [0.25, 0.3) is 0 Å². The van der Waals surface area contributed by atoms with Gasteiger partial charge in [-0.2, -0.15) is 5.10 Å². The van der Waals surface area contributed by atoms with Crippen LogP contribution in [0, 0.1) is 0 Å². The van der Waals surface area contributed by atoms with E-state index in [1.165, 1.54) is 12.8 Å². The summed E-state index contributed by atoms with van der Waals surface area (Å²) >= 11 is 6.44. The highest BCUT2D eigenvalue weighted by atomic mass is 35.5. The Labute approximate surface area is 151 Å². The van der Waals surface area contributed by atoms with Crippen LogP contribution in [0.5, 0.6) is 0 Å². The first-order valence-corrected chi connectivity index (χ1v) is 9.04. The van der Waals surface area contributed by atoms with Gasteiger partial charge in [0.1, 0.15) is 0 Å². The normalized spacial score (nSPS) is 17.0. The van der Waals surface area contributed by atoms with Crippen molar-refractivity contribution >= 4 is 23.2 Å². The van der Waals surface area contributed by atoms with Crippen LogP contribution < -0.4 is 4.90 Å². The average molecular weight is 361 g/mol. The molecule has 1 fully saturated rings. The lowest BCUT2D eigenvalue weighted by molar-refractivity contribution is 0.0706. The first-order valence-electron chi connectivity index (χ1n) is 8.66. The highest BCUT2D eigenvalue weighted by Crippen LogP contribution is 2.30. The maximum absolute atomic E-state index is 12.8. The quantitative estimate of drug-likeness (QED) is 0.912. The summed E-state index contributed by atoms with van der Waals surface area (Å²) in [5, 5.41) is 14.2. The van der Waals surface area contributed by atoms with Crippen LogP contribution in [-0.2, 0) is 19.7 Å². The Morgan fingerprint density at radius 3 is 2.68 bits per heavy atom. The molecule has 4 rings (SSSR count). The second-order valence-corrected chi connectivity index (χ2v) is 7.00. The summed E-state index contributed by atoms with van der Waals surface area (Å²) in [6, 6.07) is 7.46. The molecule has 1 amide bonds. The summed E-state index contributed by atoms with van der Waals surface area (Å²) in [5.41, 5.74) is 3.22. The molecule has 25 heavy (non-hydrogen) atoms. The van der Waals surface area contributed by atoms with Crippen molar-refractivity contribution in [2.75, 3.05) is 24.5 Å². The number of amides is 1. The summed E-state index contributed by atoms with van der Waals surface area (Å²) in [5.74, 6) is -0.0205. The molecule has 0 spiro atoms. The van der Waals surface area contributed by atoms with Crippen LogP contribution in [0.15, 0.2) is 24.3 Å². The molecule has 0 atom stereocenters. The van der Waals surface area contributed by atoms with Crippen LogP contribution in [-0.4, -0.2) is 45.3 Å². The second kappa shape index (κ2) is 6.69. The van der Waals surface area contributed by atoms with E-state index in [-0.39, 0.29) is 12.5 Å². The minimum absolute atomic E-state index is 0.0205. The van der Waals surface area contributed by atoms with Gasteiger partial charge in [-0.25, -0.2) is 0 Å². The molecule has 2 aliphatic heterocycles. The summed E-state index contributed by atoms with van der Waals surface area (Å²) < 4.78 is 1.86. The van der Waals surface area contributed by atoms with E-state index in [1.807, 2.05) is 22.9 Å². The van der Waals surface area contributed by atoms with Crippen molar-refractivity contribution in [2.45, 2.75) is 32.5 Å². The van der Waals surface area contributed by atoms with Crippen molar-refractivity contribution in [1.29, 1.82) is 0 Å². The van der Waals surface area contributed by atoms with Crippen molar-refractivity contribution in [3.05, 3.63) is 46.2 Å². The zero-order valence-electron chi connectivity index (χ0n) is 14.0. The number of hydrogen-bond acceptors (Lipinski definition) is 4.